The first kappa shape index (κ1) is 27.1. The first-order chi connectivity index (χ1) is 19.5. The second kappa shape index (κ2) is 12.1. The van der Waals surface area contributed by atoms with Crippen molar-refractivity contribution in [2.45, 2.75) is 33.4 Å². The maximum absolute atomic E-state index is 12.8. The zero-order valence-corrected chi connectivity index (χ0v) is 23.0. The van der Waals surface area contributed by atoms with E-state index in [-0.39, 0.29) is 30.4 Å². The number of carbonyl (C=O) groups is 2. The molecule has 0 saturated carbocycles. The van der Waals surface area contributed by atoms with Crippen molar-refractivity contribution in [1.82, 2.24) is 9.88 Å². The number of aromatic nitrogens is 1. The lowest BCUT2D eigenvalue weighted by atomic mass is 10.1. The van der Waals surface area contributed by atoms with Crippen LogP contribution in [0.5, 0.6) is 0 Å². The number of amides is 1. The number of thioether (sulfide) groups is 1. The Kier molecular flexibility index (Phi) is 8.21. The number of esters is 1. The van der Waals surface area contributed by atoms with Gasteiger partial charge in [-0.1, -0.05) is 55.1 Å². The molecule has 0 radical (unpaired) electrons. The standard InChI is InChI=1S/C31H29N3O5S/c1-3-20-10-8-14-24-21(18-34(28(20)24)19-26(35)32-17-23-13-9-15-39-23)16-25-29(36)27(31(37)38-4-2)30(40-25)33-22-11-6-5-7-12-22/h5-16,18,36H,3-4,17,19H2,1-2H3,(H,32,35)/b25-16-,33-30?. The highest BCUT2D eigenvalue weighted by molar-refractivity contribution is 8.18. The molecule has 204 valence electrons. The van der Waals surface area contributed by atoms with E-state index >= 15 is 0 Å². The minimum absolute atomic E-state index is 0.0391. The van der Waals surface area contributed by atoms with Gasteiger partial charge in [-0.15, -0.1) is 0 Å². The van der Waals surface area contributed by atoms with Crippen molar-refractivity contribution in [1.29, 1.82) is 0 Å². The molecule has 2 N–H and O–H groups in total. The molecule has 0 saturated heterocycles. The molecule has 0 spiro atoms. The van der Waals surface area contributed by atoms with Gasteiger partial charge in [0.1, 0.15) is 28.7 Å². The number of nitrogens with zero attached hydrogens (tertiary/aromatic N) is 2. The van der Waals surface area contributed by atoms with Gasteiger partial charge >= 0.3 is 5.97 Å². The Morgan fingerprint density at radius 2 is 1.93 bits per heavy atom. The second-order valence-electron chi connectivity index (χ2n) is 9.04. The first-order valence-electron chi connectivity index (χ1n) is 13.0. The molecular weight excluding hydrogens is 526 g/mol. The molecule has 2 aromatic heterocycles. The molecule has 0 fully saturated rings. The Hall–Kier alpha value is -4.50. The van der Waals surface area contributed by atoms with Crippen LogP contribution in [-0.4, -0.2) is 33.2 Å². The Morgan fingerprint density at radius 3 is 2.65 bits per heavy atom. The second-order valence-corrected chi connectivity index (χ2v) is 10.1. The number of rotatable bonds is 9. The van der Waals surface area contributed by atoms with E-state index in [1.165, 1.54) is 11.8 Å². The van der Waals surface area contributed by atoms with Crippen LogP contribution in [0.25, 0.3) is 17.0 Å². The summed E-state index contributed by atoms with van der Waals surface area (Å²) in [6.45, 7) is 4.38. The normalized spacial score (nSPS) is 15.3. The number of hydrogen-bond acceptors (Lipinski definition) is 7. The van der Waals surface area contributed by atoms with Gasteiger partial charge in [-0.3, -0.25) is 4.79 Å². The number of aliphatic imine (C=N–C) groups is 1. The molecule has 0 unspecified atom stereocenters. The smallest absolute Gasteiger partial charge is 0.344 e. The molecule has 1 aliphatic rings. The number of aliphatic hydroxyl groups excluding tert-OH is 1. The summed E-state index contributed by atoms with van der Waals surface area (Å²) in [5, 5.41) is 15.4. The van der Waals surface area contributed by atoms with Crippen molar-refractivity contribution in [3.8, 4) is 0 Å². The molecule has 40 heavy (non-hydrogen) atoms. The van der Waals surface area contributed by atoms with Crippen molar-refractivity contribution in [2.24, 2.45) is 4.99 Å². The van der Waals surface area contributed by atoms with Gasteiger partial charge in [-0.25, -0.2) is 9.79 Å². The van der Waals surface area contributed by atoms with Crippen molar-refractivity contribution in [3.63, 3.8) is 0 Å². The predicted octanol–water partition coefficient (Wildman–Crippen LogP) is 6.31. The van der Waals surface area contributed by atoms with E-state index in [4.69, 9.17) is 9.15 Å². The minimum Gasteiger partial charge on any atom is -0.506 e. The Labute approximate surface area is 236 Å². The largest absolute Gasteiger partial charge is 0.506 e. The summed E-state index contributed by atoms with van der Waals surface area (Å²) in [7, 11) is 0. The van der Waals surface area contributed by atoms with Crippen molar-refractivity contribution >= 4 is 51.3 Å². The van der Waals surface area contributed by atoms with Crippen LogP contribution in [0.15, 0.2) is 98.8 Å². The van der Waals surface area contributed by atoms with E-state index in [1.807, 2.05) is 71.4 Å². The number of furan rings is 1. The highest BCUT2D eigenvalue weighted by Crippen LogP contribution is 2.41. The molecule has 0 bridgehead atoms. The number of benzene rings is 2. The predicted molar refractivity (Wildman–Crippen MR) is 157 cm³/mol. The summed E-state index contributed by atoms with van der Waals surface area (Å²) in [6, 6.07) is 18.8. The van der Waals surface area contributed by atoms with Crippen LogP contribution in [0.3, 0.4) is 0 Å². The Morgan fingerprint density at radius 1 is 1.10 bits per heavy atom. The van der Waals surface area contributed by atoms with E-state index in [9.17, 15) is 14.7 Å². The number of hydrogen-bond donors (Lipinski definition) is 2. The van der Waals surface area contributed by atoms with Crippen molar-refractivity contribution < 1.29 is 23.8 Å². The molecular formula is C31H29N3O5S. The van der Waals surface area contributed by atoms with Crippen LogP contribution in [-0.2, 0) is 33.8 Å². The zero-order valence-electron chi connectivity index (χ0n) is 22.2. The van der Waals surface area contributed by atoms with Crippen molar-refractivity contribution in [2.75, 3.05) is 6.61 Å². The molecule has 1 amide bonds. The summed E-state index contributed by atoms with van der Waals surface area (Å²) in [5.41, 5.74) is 3.55. The van der Waals surface area contributed by atoms with Gasteiger partial charge < -0.3 is 24.1 Å². The quantitative estimate of drug-likeness (QED) is 0.235. The molecule has 0 aliphatic carbocycles. The van der Waals surface area contributed by atoms with E-state index in [0.29, 0.717) is 27.9 Å². The van der Waals surface area contributed by atoms with Gasteiger partial charge in [0.15, 0.2) is 0 Å². The van der Waals surface area contributed by atoms with Crippen LogP contribution in [0.4, 0.5) is 5.69 Å². The first-order valence-corrected chi connectivity index (χ1v) is 13.8. The molecule has 4 aromatic rings. The van der Waals surface area contributed by atoms with Gasteiger partial charge in [0.25, 0.3) is 0 Å². The Bertz CT molecular complexity index is 1630. The molecule has 1 aliphatic heterocycles. The molecule has 5 rings (SSSR count). The average Bonchev–Trinajstić information content (AvgIpc) is 3.67. The van der Waals surface area contributed by atoms with E-state index in [1.54, 1.807) is 19.3 Å². The lowest BCUT2D eigenvalue weighted by Gasteiger charge is -2.09. The zero-order chi connectivity index (χ0) is 28.1. The minimum atomic E-state index is -0.630. The lowest BCUT2D eigenvalue weighted by molar-refractivity contribution is -0.138. The summed E-state index contributed by atoms with van der Waals surface area (Å²) >= 11 is 1.21. The third-order valence-corrected chi connectivity index (χ3v) is 7.41. The molecule has 8 nitrogen and oxygen atoms in total. The van der Waals surface area contributed by atoms with Gasteiger partial charge in [0.05, 0.1) is 35.5 Å². The van der Waals surface area contributed by atoms with Crippen molar-refractivity contribution in [3.05, 3.63) is 106 Å². The summed E-state index contributed by atoms with van der Waals surface area (Å²) in [6.07, 6.45) is 6.08. The average molecular weight is 556 g/mol. The molecule has 3 heterocycles. The highest BCUT2D eigenvalue weighted by Gasteiger charge is 2.33. The summed E-state index contributed by atoms with van der Waals surface area (Å²) in [5.74, 6) is -0.286. The number of ether oxygens (including phenoxy) is 1. The fraction of sp³-hybridized carbons (Fsp3) is 0.194. The maximum atomic E-state index is 12.8. The number of aryl methyl sites for hydroxylation is 1. The van der Waals surface area contributed by atoms with Gasteiger partial charge in [-0.2, -0.15) is 0 Å². The third kappa shape index (κ3) is 5.74. The fourth-order valence-electron chi connectivity index (χ4n) is 4.55. The van der Waals surface area contributed by atoms with Crippen LogP contribution in [0.1, 0.15) is 30.7 Å². The van der Waals surface area contributed by atoms with Crippen LogP contribution < -0.4 is 5.32 Å². The third-order valence-electron chi connectivity index (χ3n) is 6.39. The van der Waals surface area contributed by atoms with E-state index in [0.717, 1.165) is 28.5 Å². The number of para-hydroxylation sites is 2. The van der Waals surface area contributed by atoms with Crippen LogP contribution in [0.2, 0.25) is 0 Å². The summed E-state index contributed by atoms with van der Waals surface area (Å²) < 4.78 is 12.5. The van der Waals surface area contributed by atoms with Gasteiger partial charge in [-0.05, 0) is 49.2 Å². The monoisotopic (exact) mass is 555 g/mol. The number of carbonyl (C=O) groups excluding carboxylic acids is 2. The van der Waals surface area contributed by atoms with Gasteiger partial charge in [0, 0.05) is 17.1 Å². The highest BCUT2D eigenvalue weighted by atomic mass is 32.2. The topological polar surface area (TPSA) is 106 Å². The number of fused-ring (bicyclic) bond motifs is 1. The number of aliphatic hydroxyl groups is 1. The van der Waals surface area contributed by atoms with Crippen LogP contribution >= 0.6 is 11.8 Å². The Balaban J connectivity index is 1.52. The molecule has 2 aromatic carbocycles. The molecule has 9 heteroatoms. The number of nitrogens with one attached hydrogen (secondary N) is 1. The van der Waals surface area contributed by atoms with Crippen LogP contribution in [0, 0.1) is 0 Å². The van der Waals surface area contributed by atoms with E-state index in [2.05, 4.69) is 17.2 Å². The van der Waals surface area contributed by atoms with E-state index < -0.39 is 5.97 Å². The van der Waals surface area contributed by atoms with Gasteiger partial charge in [0.2, 0.25) is 5.91 Å². The summed E-state index contributed by atoms with van der Waals surface area (Å²) in [4.78, 5) is 30.7. The fourth-order valence-corrected chi connectivity index (χ4v) is 5.58. The lowest BCUT2D eigenvalue weighted by Crippen LogP contribution is -2.26. The maximum Gasteiger partial charge on any atom is 0.344 e. The SMILES string of the molecule is CCOC(=O)C1=C(O)/C(=C/c2cn(CC(=O)NCc3ccco3)c3c(CC)cccc23)SC1=Nc1ccccc1. The molecule has 0 atom stereocenters.